The van der Waals surface area contributed by atoms with Crippen LogP contribution < -0.4 is 22.0 Å². The van der Waals surface area contributed by atoms with E-state index in [0.29, 0.717) is 56.1 Å². The molecule has 5 heterocycles. The van der Waals surface area contributed by atoms with Crippen LogP contribution in [0.4, 0.5) is 24.8 Å². The van der Waals surface area contributed by atoms with Crippen molar-refractivity contribution >= 4 is 50.8 Å². The quantitative estimate of drug-likeness (QED) is 0.222. The molecule has 0 spiro atoms. The summed E-state index contributed by atoms with van der Waals surface area (Å²) in [6, 6.07) is 14.8. The van der Waals surface area contributed by atoms with E-state index in [1.165, 1.54) is 6.20 Å². The summed E-state index contributed by atoms with van der Waals surface area (Å²) in [5, 5.41) is 12.2. The van der Waals surface area contributed by atoms with Crippen molar-refractivity contribution in [3.8, 4) is 16.8 Å². The largest absolute Gasteiger partial charge is 0.359 e. The molecule has 2 aliphatic heterocycles. The van der Waals surface area contributed by atoms with Crippen molar-refractivity contribution in [3.63, 3.8) is 0 Å². The minimum Gasteiger partial charge on any atom is -0.352 e. The van der Waals surface area contributed by atoms with E-state index in [2.05, 4.69) is 25.7 Å². The normalized spacial score (nSPS) is 12.8. The number of anilines is 2. The minimum absolute atomic E-state index is 0.0475. The Morgan fingerprint density at radius 2 is 1.71 bits per heavy atom. The predicted molar refractivity (Wildman–Crippen MR) is 185 cm³/mol. The second-order valence-electron chi connectivity index (χ2n) is 12.0. The molecule has 2 N–H and O–H groups in total. The van der Waals surface area contributed by atoms with E-state index < -0.39 is 35.4 Å². The van der Waals surface area contributed by atoms with Crippen LogP contribution in [0.25, 0.3) is 38.5 Å². The van der Waals surface area contributed by atoms with Crippen LogP contribution in [-0.2, 0) is 20.0 Å². The zero-order chi connectivity index (χ0) is 35.6. The average molecular weight is 709 g/mol. The third-order valence-corrected chi connectivity index (χ3v) is 9.11. The van der Waals surface area contributed by atoms with Crippen LogP contribution in [0.3, 0.4) is 0 Å². The average Bonchev–Trinajstić information content (AvgIpc) is 3.48. The number of nitrogens with one attached hydrogen (secondary N) is 2. The highest BCUT2D eigenvalue weighted by atomic mass is 35.5. The summed E-state index contributed by atoms with van der Waals surface area (Å²) in [5.41, 5.74) is 0.564. The van der Waals surface area contributed by atoms with Crippen LogP contribution in [0.2, 0.25) is 5.02 Å². The van der Waals surface area contributed by atoms with Crippen molar-refractivity contribution in [3.05, 3.63) is 139 Å². The van der Waals surface area contributed by atoms with Gasteiger partial charge >= 0.3 is 11.4 Å². The highest BCUT2D eigenvalue weighted by Crippen LogP contribution is 2.36. The Morgan fingerprint density at radius 3 is 2.55 bits per heavy atom. The molecular formula is C36H24ClF3N8O3. The van der Waals surface area contributed by atoms with Crippen molar-refractivity contribution in [1.29, 1.82) is 0 Å². The second kappa shape index (κ2) is 12.2. The number of rotatable bonds is 2. The third kappa shape index (κ3) is 5.49. The maximum absolute atomic E-state index is 15.1. The molecule has 0 fully saturated rings. The summed E-state index contributed by atoms with van der Waals surface area (Å²) in [6.45, 7) is -0.517. The molecule has 51 heavy (non-hydrogen) atoms. The molecule has 15 heteroatoms. The SMILES string of the molecule is Cn1cc2c3c(c(Cl)cc2n1)Nc1nc(=O)n(c(=O)n1Cc1cc(F)c(F)cc1F)-c1cncc2cccc(c12)-c1cccc(c1)C(=O)NCC3. The smallest absolute Gasteiger partial charge is 0.352 e. The lowest BCUT2D eigenvalue weighted by Gasteiger charge is -2.19. The van der Waals surface area contributed by atoms with Crippen LogP contribution in [0, 0.1) is 17.5 Å². The van der Waals surface area contributed by atoms with Gasteiger partial charge in [0.2, 0.25) is 5.95 Å². The van der Waals surface area contributed by atoms with E-state index in [1.807, 2.05) is 0 Å². The number of carbonyl (C=O) groups excluding carboxylic acids is 1. The number of benzene rings is 4. The monoisotopic (exact) mass is 708 g/mol. The van der Waals surface area contributed by atoms with Crippen molar-refractivity contribution in [2.75, 3.05) is 11.9 Å². The maximum Gasteiger partial charge on any atom is 0.359 e. The summed E-state index contributed by atoms with van der Waals surface area (Å²) >= 11 is 6.80. The third-order valence-electron chi connectivity index (χ3n) is 8.81. The van der Waals surface area contributed by atoms with Crippen LogP contribution in [0.15, 0.2) is 88.8 Å². The van der Waals surface area contributed by atoms with Gasteiger partial charge in [0.05, 0.1) is 34.7 Å². The first-order valence-corrected chi connectivity index (χ1v) is 16.0. The molecule has 0 saturated carbocycles. The van der Waals surface area contributed by atoms with Crippen LogP contribution >= 0.6 is 11.6 Å². The molecule has 0 atom stereocenters. The molecule has 1 amide bonds. The van der Waals surface area contributed by atoms with E-state index in [0.717, 1.165) is 9.13 Å². The van der Waals surface area contributed by atoms with Gasteiger partial charge in [-0.2, -0.15) is 10.1 Å². The van der Waals surface area contributed by atoms with E-state index in [4.69, 9.17) is 11.6 Å². The predicted octanol–water partition coefficient (Wildman–Crippen LogP) is 5.64. The molecule has 0 saturated heterocycles. The van der Waals surface area contributed by atoms with Crippen molar-refractivity contribution in [2.45, 2.75) is 13.0 Å². The molecule has 4 aromatic carbocycles. The lowest BCUT2D eigenvalue weighted by Crippen LogP contribution is -2.42. The fourth-order valence-corrected chi connectivity index (χ4v) is 6.74. The number of nitrogens with zero attached hydrogens (tertiary/aromatic N) is 6. The number of hydrogen-bond donors (Lipinski definition) is 2. The van der Waals surface area contributed by atoms with Crippen LogP contribution in [-0.4, -0.2) is 41.3 Å². The fourth-order valence-electron chi connectivity index (χ4n) is 6.47. The highest BCUT2D eigenvalue weighted by molar-refractivity contribution is 6.34. The lowest BCUT2D eigenvalue weighted by molar-refractivity contribution is 0.0954. The van der Waals surface area contributed by atoms with E-state index in [9.17, 15) is 23.2 Å². The summed E-state index contributed by atoms with van der Waals surface area (Å²) in [5.74, 6) is -4.55. The Balaban J connectivity index is 1.46. The zero-order valence-corrected chi connectivity index (χ0v) is 27.3. The van der Waals surface area contributed by atoms with Gasteiger partial charge in [0.25, 0.3) is 5.91 Å². The molecule has 11 nitrogen and oxygen atoms in total. The van der Waals surface area contributed by atoms with Gasteiger partial charge in [-0.1, -0.05) is 41.9 Å². The summed E-state index contributed by atoms with van der Waals surface area (Å²) < 4.78 is 46.8. The zero-order valence-electron chi connectivity index (χ0n) is 26.5. The van der Waals surface area contributed by atoms with E-state index >= 15 is 4.39 Å². The van der Waals surface area contributed by atoms with E-state index in [1.54, 1.807) is 72.7 Å². The first kappa shape index (κ1) is 32.0. The first-order valence-electron chi connectivity index (χ1n) is 15.6. The van der Waals surface area contributed by atoms with Crippen molar-refractivity contribution < 1.29 is 18.0 Å². The van der Waals surface area contributed by atoms with Gasteiger partial charge in [-0.15, -0.1) is 0 Å². The molecule has 254 valence electrons. The summed E-state index contributed by atoms with van der Waals surface area (Å²) in [7, 11) is 1.73. The molecule has 0 aliphatic carbocycles. The number of pyridine rings is 1. The van der Waals surface area contributed by atoms with Gasteiger partial charge in [0, 0.05) is 59.3 Å². The number of fused-ring (bicyclic) bond motifs is 6. The van der Waals surface area contributed by atoms with Gasteiger partial charge in [0.15, 0.2) is 11.6 Å². The molecule has 7 aromatic rings. The Morgan fingerprint density at radius 1 is 0.922 bits per heavy atom. The molecule has 3 aromatic heterocycles. The van der Waals surface area contributed by atoms with Gasteiger partial charge in [-0.05, 0) is 47.4 Å². The number of amides is 1. The maximum atomic E-state index is 15.1. The summed E-state index contributed by atoms with van der Waals surface area (Å²) in [4.78, 5) is 50.6. The van der Waals surface area contributed by atoms with Crippen LogP contribution in [0.1, 0.15) is 21.5 Å². The van der Waals surface area contributed by atoms with Crippen molar-refractivity contribution in [1.82, 2.24) is 34.2 Å². The Labute approximate surface area is 290 Å². The molecule has 2 aliphatic rings. The minimum atomic E-state index is -1.41. The molecular weight excluding hydrogens is 685 g/mol. The molecule has 9 rings (SSSR count). The number of aromatic nitrogens is 6. The van der Waals surface area contributed by atoms with Gasteiger partial charge in [0.1, 0.15) is 5.82 Å². The number of hydrogen-bond acceptors (Lipinski definition) is 7. The summed E-state index contributed by atoms with van der Waals surface area (Å²) in [6.07, 6.45) is 4.84. The second-order valence-corrected chi connectivity index (χ2v) is 12.4. The topological polar surface area (TPSA) is 129 Å². The number of carbonyl (C=O) groups is 1. The van der Waals surface area contributed by atoms with Crippen molar-refractivity contribution in [2.24, 2.45) is 7.05 Å². The van der Waals surface area contributed by atoms with Gasteiger partial charge in [-0.3, -0.25) is 19.0 Å². The molecule has 0 radical (unpaired) electrons. The molecule has 4 bridgehead atoms. The Hall–Kier alpha value is -6.28. The highest BCUT2D eigenvalue weighted by Gasteiger charge is 2.24. The molecule has 0 unspecified atom stereocenters. The van der Waals surface area contributed by atoms with Crippen LogP contribution in [0.5, 0.6) is 0 Å². The first-order chi connectivity index (χ1) is 24.6. The lowest BCUT2D eigenvalue weighted by atomic mass is 9.96. The Bertz CT molecular complexity index is 2720. The standard InChI is InChI=1S/C36H24ClF3N8O3/c1-46-17-24-23-8-9-42-33(49)19-5-2-4-18(10-19)22-7-3-6-20-14-41-15-30(31(20)22)48-35(50)44-34(43-32(23)25(37)12-29(24)45-46)47(36(48)51)16-21-11-27(39)28(40)13-26(21)38/h2-7,10-15,17H,8-9,16H2,1H3,(H,42,49)(H,43,44,50). The van der Waals surface area contributed by atoms with Gasteiger partial charge < -0.3 is 10.6 Å². The fraction of sp³-hybridized carbons (Fsp3) is 0.111. The Kier molecular flexibility index (Phi) is 7.67. The van der Waals surface area contributed by atoms with E-state index in [-0.39, 0.29) is 46.8 Å². The number of halogens is 4. The van der Waals surface area contributed by atoms with Gasteiger partial charge in [-0.25, -0.2) is 27.3 Å². The number of aryl methyl sites for hydroxylation is 1.